The van der Waals surface area contributed by atoms with Gasteiger partial charge in [-0.2, -0.15) is 0 Å². The topological polar surface area (TPSA) is 51.8 Å². The second-order valence-corrected chi connectivity index (χ2v) is 5.73. The van der Waals surface area contributed by atoms with Crippen LogP contribution in [0, 0.1) is 13.8 Å². The lowest BCUT2D eigenvalue weighted by Gasteiger charge is -2.08. The van der Waals surface area contributed by atoms with Crippen LogP contribution in [0.1, 0.15) is 30.3 Å². The second kappa shape index (κ2) is 6.06. The Morgan fingerprint density at radius 2 is 1.95 bits per heavy atom. The highest BCUT2D eigenvalue weighted by molar-refractivity contribution is 7.99. The summed E-state index contributed by atoms with van der Waals surface area (Å²) in [6, 6.07) is 8.27. The van der Waals surface area contributed by atoms with Crippen LogP contribution in [0.5, 0.6) is 0 Å². The first kappa shape index (κ1) is 13.9. The summed E-state index contributed by atoms with van der Waals surface area (Å²) >= 11 is 1.65. The summed E-state index contributed by atoms with van der Waals surface area (Å²) in [5.41, 5.74) is 8.35. The fourth-order valence-electron chi connectivity index (χ4n) is 1.81. The van der Waals surface area contributed by atoms with Crippen molar-refractivity contribution in [1.29, 1.82) is 0 Å². The van der Waals surface area contributed by atoms with Crippen LogP contribution in [0.15, 0.2) is 34.2 Å². The molecule has 3 nitrogen and oxygen atoms in total. The number of hydrogen-bond donors (Lipinski definition) is 1. The average Bonchev–Trinajstić information content (AvgIpc) is 2.33. The van der Waals surface area contributed by atoms with Gasteiger partial charge in [0.15, 0.2) is 0 Å². The van der Waals surface area contributed by atoms with E-state index >= 15 is 0 Å². The van der Waals surface area contributed by atoms with E-state index in [1.165, 1.54) is 16.0 Å². The number of aryl methyl sites for hydroxylation is 3. The highest BCUT2D eigenvalue weighted by Crippen LogP contribution is 2.30. The lowest BCUT2D eigenvalue weighted by molar-refractivity contribution is 0.813. The van der Waals surface area contributed by atoms with Crippen molar-refractivity contribution in [3.63, 3.8) is 0 Å². The first-order valence-corrected chi connectivity index (χ1v) is 7.28. The van der Waals surface area contributed by atoms with Crippen molar-refractivity contribution in [2.45, 2.75) is 43.5 Å². The van der Waals surface area contributed by atoms with E-state index in [-0.39, 0.29) is 0 Å². The molecule has 2 rings (SSSR count). The third-order valence-electron chi connectivity index (χ3n) is 2.80. The third-order valence-corrected chi connectivity index (χ3v) is 3.88. The zero-order chi connectivity index (χ0) is 13.8. The number of rotatable bonds is 4. The highest BCUT2D eigenvalue weighted by Gasteiger charge is 2.06. The van der Waals surface area contributed by atoms with E-state index in [0.717, 1.165) is 23.7 Å². The van der Waals surface area contributed by atoms with Crippen molar-refractivity contribution in [1.82, 2.24) is 9.97 Å². The quantitative estimate of drug-likeness (QED) is 0.861. The van der Waals surface area contributed by atoms with Crippen LogP contribution in [0.25, 0.3) is 0 Å². The van der Waals surface area contributed by atoms with Crippen molar-refractivity contribution in [2.24, 2.45) is 0 Å². The molecule has 0 aliphatic rings. The van der Waals surface area contributed by atoms with Crippen LogP contribution >= 0.6 is 11.8 Å². The fraction of sp³-hybridized carbons (Fsp3) is 0.333. The number of anilines is 1. The highest BCUT2D eigenvalue weighted by atomic mass is 32.2. The summed E-state index contributed by atoms with van der Waals surface area (Å²) in [7, 11) is 0. The summed E-state index contributed by atoms with van der Waals surface area (Å²) in [6.45, 7) is 6.32. The summed E-state index contributed by atoms with van der Waals surface area (Å²) in [5.74, 6) is 1.38. The number of nitrogens with zero attached hydrogens (tertiary/aromatic N) is 2. The Hall–Kier alpha value is -1.55. The van der Waals surface area contributed by atoms with Crippen LogP contribution in [0.2, 0.25) is 0 Å². The maximum atomic E-state index is 5.85. The average molecular weight is 273 g/mol. The first-order valence-electron chi connectivity index (χ1n) is 6.47. The largest absolute Gasteiger partial charge is 0.384 e. The van der Waals surface area contributed by atoms with Gasteiger partial charge in [-0.3, -0.25) is 0 Å². The SMILES string of the molecule is CCCc1nc(N)cc(Sc2cc(C)ccc2C)n1. The van der Waals surface area contributed by atoms with Gasteiger partial charge in [-0.15, -0.1) is 0 Å². The van der Waals surface area contributed by atoms with E-state index in [4.69, 9.17) is 5.73 Å². The Balaban J connectivity index is 2.29. The number of nitrogen functional groups attached to an aromatic ring is 1. The minimum absolute atomic E-state index is 0.547. The van der Waals surface area contributed by atoms with Crippen LogP contribution in [-0.2, 0) is 6.42 Å². The molecule has 2 N–H and O–H groups in total. The lowest BCUT2D eigenvalue weighted by atomic mass is 10.2. The van der Waals surface area contributed by atoms with Gasteiger partial charge < -0.3 is 5.73 Å². The predicted molar refractivity (Wildman–Crippen MR) is 80.5 cm³/mol. The molecule has 0 fully saturated rings. The molecule has 0 spiro atoms. The van der Waals surface area contributed by atoms with Gasteiger partial charge in [0.25, 0.3) is 0 Å². The molecule has 19 heavy (non-hydrogen) atoms. The monoisotopic (exact) mass is 273 g/mol. The zero-order valence-corrected chi connectivity index (χ0v) is 12.4. The van der Waals surface area contributed by atoms with E-state index in [2.05, 4.69) is 48.9 Å². The summed E-state index contributed by atoms with van der Waals surface area (Å²) in [6.07, 6.45) is 1.89. The molecular weight excluding hydrogens is 254 g/mol. The van der Waals surface area contributed by atoms with Gasteiger partial charge in [-0.05, 0) is 37.5 Å². The van der Waals surface area contributed by atoms with Crippen LogP contribution in [0.4, 0.5) is 5.82 Å². The Kier molecular flexibility index (Phi) is 4.43. The number of hydrogen-bond acceptors (Lipinski definition) is 4. The maximum Gasteiger partial charge on any atom is 0.132 e. The maximum absolute atomic E-state index is 5.85. The molecule has 0 aliphatic heterocycles. The molecule has 2 aromatic rings. The van der Waals surface area contributed by atoms with E-state index in [1.807, 2.05) is 6.07 Å². The zero-order valence-electron chi connectivity index (χ0n) is 11.6. The smallest absolute Gasteiger partial charge is 0.132 e. The summed E-state index contributed by atoms with van der Waals surface area (Å²) < 4.78 is 0. The van der Waals surface area contributed by atoms with Gasteiger partial charge in [0.05, 0.1) is 0 Å². The van der Waals surface area contributed by atoms with Gasteiger partial charge in [0.2, 0.25) is 0 Å². The molecule has 0 unspecified atom stereocenters. The van der Waals surface area contributed by atoms with Crippen molar-refractivity contribution in [3.8, 4) is 0 Å². The van der Waals surface area contributed by atoms with Crippen LogP contribution < -0.4 is 5.73 Å². The van der Waals surface area contributed by atoms with Crippen LogP contribution in [0.3, 0.4) is 0 Å². The Labute approximate surface area is 118 Å². The third kappa shape index (κ3) is 3.70. The lowest BCUT2D eigenvalue weighted by Crippen LogP contribution is -2.00. The summed E-state index contributed by atoms with van der Waals surface area (Å²) in [5, 5.41) is 0.921. The molecule has 0 atom stereocenters. The molecule has 0 saturated carbocycles. The van der Waals surface area contributed by atoms with E-state index in [0.29, 0.717) is 5.82 Å². The standard InChI is InChI=1S/C15H19N3S/c1-4-5-14-17-13(16)9-15(18-14)19-12-8-10(2)6-7-11(12)3/h6-9H,4-5H2,1-3H3,(H2,16,17,18). The summed E-state index contributed by atoms with van der Waals surface area (Å²) in [4.78, 5) is 10.0. The van der Waals surface area contributed by atoms with Gasteiger partial charge in [0.1, 0.15) is 16.7 Å². The molecule has 0 amide bonds. The number of nitrogens with two attached hydrogens (primary N) is 1. The molecule has 0 radical (unpaired) electrons. The van der Waals surface area contributed by atoms with Crippen molar-refractivity contribution in [3.05, 3.63) is 41.2 Å². The van der Waals surface area contributed by atoms with Crippen LogP contribution in [-0.4, -0.2) is 9.97 Å². The minimum Gasteiger partial charge on any atom is -0.384 e. The molecule has 1 heterocycles. The van der Waals surface area contributed by atoms with Crippen molar-refractivity contribution >= 4 is 17.6 Å². The molecule has 1 aromatic heterocycles. The minimum atomic E-state index is 0.547. The van der Waals surface area contributed by atoms with E-state index in [9.17, 15) is 0 Å². The number of aromatic nitrogens is 2. The Morgan fingerprint density at radius 3 is 2.68 bits per heavy atom. The molecule has 0 bridgehead atoms. The van der Waals surface area contributed by atoms with Gasteiger partial charge in [0, 0.05) is 17.4 Å². The second-order valence-electron chi connectivity index (χ2n) is 4.67. The predicted octanol–water partition coefficient (Wildman–Crippen LogP) is 3.78. The number of benzene rings is 1. The molecule has 100 valence electrons. The molecule has 0 saturated heterocycles. The van der Waals surface area contributed by atoms with Gasteiger partial charge >= 0.3 is 0 Å². The first-order chi connectivity index (χ1) is 9.08. The Morgan fingerprint density at radius 1 is 1.16 bits per heavy atom. The Bertz CT molecular complexity index is 582. The fourth-order valence-corrected chi connectivity index (χ4v) is 2.84. The molecule has 1 aromatic carbocycles. The van der Waals surface area contributed by atoms with E-state index in [1.54, 1.807) is 11.8 Å². The van der Waals surface area contributed by atoms with Gasteiger partial charge in [-0.1, -0.05) is 30.8 Å². The van der Waals surface area contributed by atoms with Crippen molar-refractivity contribution in [2.75, 3.05) is 5.73 Å². The normalized spacial score (nSPS) is 10.7. The molecular formula is C15H19N3S. The van der Waals surface area contributed by atoms with Gasteiger partial charge in [-0.25, -0.2) is 9.97 Å². The molecule has 4 heteroatoms. The van der Waals surface area contributed by atoms with Crippen molar-refractivity contribution < 1.29 is 0 Å². The van der Waals surface area contributed by atoms with E-state index < -0.39 is 0 Å². The molecule has 0 aliphatic carbocycles.